The van der Waals surface area contributed by atoms with E-state index in [1.807, 2.05) is 0 Å². The molecule has 21 heavy (non-hydrogen) atoms. The van der Waals surface area contributed by atoms with Crippen LogP contribution in [0.15, 0.2) is 36.7 Å². The van der Waals surface area contributed by atoms with Gasteiger partial charge in [-0.15, -0.1) is 0 Å². The first-order chi connectivity index (χ1) is 9.88. The minimum atomic E-state index is -3.53. The minimum absolute atomic E-state index is 0.0696. The van der Waals surface area contributed by atoms with E-state index in [1.165, 1.54) is 29.6 Å². The van der Waals surface area contributed by atoms with Gasteiger partial charge in [-0.25, -0.2) is 17.5 Å². The van der Waals surface area contributed by atoms with E-state index in [0.29, 0.717) is 5.56 Å². The van der Waals surface area contributed by atoms with E-state index in [0.717, 1.165) is 5.56 Å². The Morgan fingerprint density at radius 1 is 1.38 bits per heavy atom. The number of H-pyrrole nitrogens is 1. The van der Waals surface area contributed by atoms with Gasteiger partial charge in [0.05, 0.1) is 17.5 Å². The van der Waals surface area contributed by atoms with E-state index in [2.05, 4.69) is 10.2 Å². The second-order valence-electron chi connectivity index (χ2n) is 4.62. The van der Waals surface area contributed by atoms with E-state index < -0.39 is 16.0 Å². The summed E-state index contributed by atoms with van der Waals surface area (Å²) in [5.74, 6) is -1.33. The molecule has 0 unspecified atom stereocenters. The third-order valence-electron chi connectivity index (χ3n) is 2.96. The largest absolute Gasteiger partial charge is 0.478 e. The van der Waals surface area contributed by atoms with Gasteiger partial charge in [0, 0.05) is 25.4 Å². The predicted octanol–water partition coefficient (Wildman–Crippen LogP) is 1.07. The highest BCUT2D eigenvalue weighted by atomic mass is 32.2. The summed E-state index contributed by atoms with van der Waals surface area (Å²) < 4.78 is 25.7. The highest BCUT2D eigenvalue weighted by Crippen LogP contribution is 2.14. The number of nitrogens with one attached hydrogen (secondary N) is 1. The van der Waals surface area contributed by atoms with Crippen molar-refractivity contribution in [2.75, 3.05) is 7.05 Å². The van der Waals surface area contributed by atoms with E-state index in [4.69, 9.17) is 5.11 Å². The Kier molecular flexibility index (Phi) is 4.39. The average molecular weight is 309 g/mol. The molecule has 0 fully saturated rings. The first kappa shape index (κ1) is 15.2. The van der Waals surface area contributed by atoms with Crippen LogP contribution in [0.25, 0.3) is 0 Å². The molecule has 2 aromatic rings. The Bertz CT molecular complexity index is 726. The minimum Gasteiger partial charge on any atom is -0.478 e. The number of carbonyl (C=O) groups is 1. The molecule has 0 aliphatic rings. The summed E-state index contributed by atoms with van der Waals surface area (Å²) in [4.78, 5) is 10.9. The molecule has 0 saturated heterocycles. The fraction of sp³-hybridized carbons (Fsp3) is 0.231. The van der Waals surface area contributed by atoms with Crippen molar-refractivity contribution in [1.82, 2.24) is 14.5 Å². The summed E-state index contributed by atoms with van der Waals surface area (Å²) in [6.07, 6.45) is 3.17. The molecule has 0 atom stereocenters. The number of rotatable bonds is 6. The van der Waals surface area contributed by atoms with Gasteiger partial charge in [0.1, 0.15) is 0 Å². The van der Waals surface area contributed by atoms with E-state index in [1.54, 1.807) is 18.5 Å². The average Bonchev–Trinajstić information content (AvgIpc) is 2.91. The topological polar surface area (TPSA) is 103 Å². The van der Waals surface area contributed by atoms with Crippen molar-refractivity contribution in [3.63, 3.8) is 0 Å². The number of nitrogens with zero attached hydrogens (tertiary/aromatic N) is 2. The highest BCUT2D eigenvalue weighted by Gasteiger charge is 2.19. The molecule has 0 spiro atoms. The lowest BCUT2D eigenvalue weighted by Crippen LogP contribution is -2.27. The number of aromatic amines is 1. The van der Waals surface area contributed by atoms with Gasteiger partial charge in [-0.05, 0) is 17.7 Å². The molecular weight excluding hydrogens is 294 g/mol. The third kappa shape index (κ3) is 3.89. The number of benzene rings is 1. The first-order valence-corrected chi connectivity index (χ1v) is 7.73. The zero-order chi connectivity index (χ0) is 15.5. The predicted molar refractivity (Wildman–Crippen MR) is 76.1 cm³/mol. The summed E-state index contributed by atoms with van der Waals surface area (Å²) >= 11 is 0. The maximum absolute atomic E-state index is 12.3. The molecule has 0 bridgehead atoms. The smallest absolute Gasteiger partial charge is 0.335 e. The van der Waals surface area contributed by atoms with Crippen LogP contribution in [0.4, 0.5) is 0 Å². The Balaban J connectivity index is 2.13. The van der Waals surface area contributed by atoms with Crippen LogP contribution in [0.2, 0.25) is 0 Å². The van der Waals surface area contributed by atoms with Crippen LogP contribution in [0.1, 0.15) is 21.5 Å². The molecule has 0 saturated carbocycles. The quantitative estimate of drug-likeness (QED) is 0.830. The Hall–Kier alpha value is -2.19. The Morgan fingerprint density at radius 3 is 2.76 bits per heavy atom. The van der Waals surface area contributed by atoms with Crippen LogP contribution >= 0.6 is 0 Å². The zero-order valence-corrected chi connectivity index (χ0v) is 12.2. The van der Waals surface area contributed by atoms with E-state index in [-0.39, 0.29) is 17.9 Å². The van der Waals surface area contributed by atoms with Crippen LogP contribution in [-0.4, -0.2) is 41.0 Å². The van der Waals surface area contributed by atoms with Crippen molar-refractivity contribution in [1.29, 1.82) is 0 Å². The fourth-order valence-corrected chi connectivity index (χ4v) is 3.00. The van der Waals surface area contributed by atoms with Gasteiger partial charge in [-0.3, -0.25) is 5.10 Å². The molecule has 0 amide bonds. The van der Waals surface area contributed by atoms with Crippen LogP contribution in [0.5, 0.6) is 0 Å². The van der Waals surface area contributed by atoms with Crippen molar-refractivity contribution < 1.29 is 18.3 Å². The van der Waals surface area contributed by atoms with Crippen LogP contribution in [0, 0.1) is 0 Å². The normalized spacial score (nSPS) is 11.7. The van der Waals surface area contributed by atoms with Gasteiger partial charge in [-0.2, -0.15) is 5.10 Å². The lowest BCUT2D eigenvalue weighted by Gasteiger charge is -2.16. The van der Waals surface area contributed by atoms with E-state index >= 15 is 0 Å². The monoisotopic (exact) mass is 309 g/mol. The number of carboxylic acid groups (broad SMARTS) is 1. The number of hydrogen-bond donors (Lipinski definition) is 2. The second-order valence-corrected chi connectivity index (χ2v) is 6.70. The van der Waals surface area contributed by atoms with E-state index in [9.17, 15) is 13.2 Å². The number of hydrogen-bond acceptors (Lipinski definition) is 4. The van der Waals surface area contributed by atoms with Crippen LogP contribution in [-0.2, 0) is 22.3 Å². The maximum atomic E-state index is 12.3. The van der Waals surface area contributed by atoms with Gasteiger partial charge in [0.25, 0.3) is 0 Å². The summed E-state index contributed by atoms with van der Waals surface area (Å²) in [7, 11) is -2.06. The lowest BCUT2D eigenvalue weighted by atomic mass is 10.1. The summed E-state index contributed by atoms with van der Waals surface area (Å²) in [5.41, 5.74) is 1.26. The molecule has 2 rings (SSSR count). The van der Waals surface area contributed by atoms with Crippen LogP contribution in [0.3, 0.4) is 0 Å². The number of aromatic nitrogens is 2. The van der Waals surface area contributed by atoms with Crippen molar-refractivity contribution >= 4 is 16.0 Å². The molecule has 8 heteroatoms. The SMILES string of the molecule is CN(Cc1cn[nH]c1)S(=O)(=O)Cc1cccc(C(=O)O)c1. The first-order valence-electron chi connectivity index (χ1n) is 6.12. The summed E-state index contributed by atoms with van der Waals surface area (Å²) in [5, 5.41) is 15.3. The Morgan fingerprint density at radius 2 is 2.14 bits per heavy atom. The summed E-state index contributed by atoms with van der Waals surface area (Å²) in [6.45, 7) is 0.206. The van der Waals surface area contributed by atoms with Crippen molar-refractivity contribution in [2.24, 2.45) is 0 Å². The summed E-state index contributed by atoms with van der Waals surface area (Å²) in [6, 6.07) is 5.92. The van der Waals surface area contributed by atoms with Crippen molar-refractivity contribution in [3.05, 3.63) is 53.3 Å². The Labute approximate surface area is 122 Å². The zero-order valence-electron chi connectivity index (χ0n) is 11.4. The number of carboxylic acids is 1. The third-order valence-corrected chi connectivity index (χ3v) is 4.73. The molecule has 0 aliphatic carbocycles. The highest BCUT2D eigenvalue weighted by molar-refractivity contribution is 7.88. The maximum Gasteiger partial charge on any atom is 0.335 e. The molecule has 112 valence electrons. The molecule has 7 nitrogen and oxygen atoms in total. The molecule has 1 aromatic heterocycles. The lowest BCUT2D eigenvalue weighted by molar-refractivity contribution is 0.0696. The van der Waals surface area contributed by atoms with Gasteiger partial charge in [-0.1, -0.05) is 12.1 Å². The number of sulfonamides is 1. The molecule has 1 heterocycles. The molecule has 0 aliphatic heterocycles. The van der Waals surface area contributed by atoms with Gasteiger partial charge in [0.15, 0.2) is 0 Å². The molecule has 1 aromatic carbocycles. The van der Waals surface area contributed by atoms with Crippen molar-refractivity contribution in [3.8, 4) is 0 Å². The molecule has 0 radical (unpaired) electrons. The number of aromatic carboxylic acids is 1. The van der Waals surface area contributed by atoms with Crippen LogP contribution < -0.4 is 0 Å². The van der Waals surface area contributed by atoms with Gasteiger partial charge in [0.2, 0.25) is 10.0 Å². The molecule has 2 N–H and O–H groups in total. The van der Waals surface area contributed by atoms with Gasteiger partial charge >= 0.3 is 5.97 Å². The second kappa shape index (κ2) is 6.06. The molecular formula is C13H15N3O4S. The standard InChI is InChI=1S/C13H15N3O4S/c1-16(8-11-6-14-15-7-11)21(19,20)9-10-3-2-4-12(5-10)13(17)18/h2-7H,8-9H2,1H3,(H,14,15)(H,17,18). The van der Waals surface area contributed by atoms with Gasteiger partial charge < -0.3 is 5.11 Å². The fourth-order valence-electron chi connectivity index (χ4n) is 1.83. The van der Waals surface area contributed by atoms with Crippen molar-refractivity contribution in [2.45, 2.75) is 12.3 Å².